The summed E-state index contributed by atoms with van der Waals surface area (Å²) >= 11 is 0. The molecule has 0 aliphatic heterocycles. The molecule has 1 rings (SSSR count). The first-order chi connectivity index (χ1) is 8.60. The Morgan fingerprint density at radius 3 is 2.05 bits per heavy atom. The van der Waals surface area contributed by atoms with Crippen molar-refractivity contribution in [3.8, 4) is 0 Å². The van der Waals surface area contributed by atoms with Gasteiger partial charge >= 0.3 is 19.1 Å². The first-order valence-electron chi connectivity index (χ1n) is 5.58. The van der Waals surface area contributed by atoms with Gasteiger partial charge in [0.15, 0.2) is 0 Å². The molecule has 0 saturated carbocycles. The molecule has 0 atom stereocenters. The smallest absolute Gasteiger partial charge is 0.478 e. The highest BCUT2D eigenvalue weighted by molar-refractivity contribution is 6.58. The zero-order chi connectivity index (χ0) is 14.8. The van der Waals surface area contributed by atoms with Crippen molar-refractivity contribution in [3.63, 3.8) is 0 Å². The van der Waals surface area contributed by atoms with Gasteiger partial charge in [-0.05, 0) is 44.4 Å². The molecular weight excluding hydrogens is 251 g/mol. The Labute approximate surface area is 110 Å². The third-order valence-corrected chi connectivity index (χ3v) is 2.14. The molecule has 0 amide bonds. The van der Waals surface area contributed by atoms with E-state index in [0.29, 0.717) is 0 Å². The minimum Gasteiger partial charge on any atom is -0.478 e. The zero-order valence-electron chi connectivity index (χ0n) is 10.9. The second-order valence-electron chi connectivity index (χ2n) is 5.02. The van der Waals surface area contributed by atoms with Gasteiger partial charge in [-0.25, -0.2) is 9.59 Å². The van der Waals surface area contributed by atoms with Gasteiger partial charge in [-0.1, -0.05) is 0 Å². The van der Waals surface area contributed by atoms with Gasteiger partial charge in [0.1, 0.15) is 5.60 Å². The number of carboxylic acid groups (broad SMARTS) is 1. The number of carbonyl (C=O) groups excluding carboxylic acids is 1. The van der Waals surface area contributed by atoms with Crippen molar-refractivity contribution in [2.45, 2.75) is 26.4 Å². The molecule has 0 spiro atoms. The maximum absolute atomic E-state index is 11.8. The SMILES string of the molecule is CC(C)(C)OC(=O)c1cc(B(O)O)cc(C(=O)O)c1. The van der Waals surface area contributed by atoms with Gasteiger partial charge in [-0.15, -0.1) is 0 Å². The molecule has 0 unspecified atom stereocenters. The molecule has 102 valence electrons. The van der Waals surface area contributed by atoms with Crippen molar-refractivity contribution in [1.29, 1.82) is 0 Å². The lowest BCUT2D eigenvalue weighted by molar-refractivity contribution is 0.00696. The minimum atomic E-state index is -1.86. The number of hydrogen-bond acceptors (Lipinski definition) is 5. The Hall–Kier alpha value is -1.86. The number of ether oxygens (including phenoxy) is 1. The molecule has 0 saturated heterocycles. The van der Waals surface area contributed by atoms with E-state index < -0.39 is 24.7 Å². The van der Waals surface area contributed by atoms with E-state index in [4.69, 9.17) is 19.9 Å². The van der Waals surface area contributed by atoms with Gasteiger partial charge in [0.05, 0.1) is 11.1 Å². The molecule has 0 fully saturated rings. The fourth-order valence-electron chi connectivity index (χ4n) is 1.38. The highest BCUT2D eigenvalue weighted by Crippen LogP contribution is 2.13. The number of aromatic carboxylic acids is 1. The summed E-state index contributed by atoms with van der Waals surface area (Å²) in [4.78, 5) is 22.8. The van der Waals surface area contributed by atoms with Crippen molar-refractivity contribution < 1.29 is 29.5 Å². The molecule has 0 bridgehead atoms. The van der Waals surface area contributed by atoms with Crippen LogP contribution in [0.2, 0.25) is 0 Å². The van der Waals surface area contributed by atoms with E-state index in [1.54, 1.807) is 20.8 Å². The molecular formula is C12H15BO6. The molecule has 0 aromatic heterocycles. The Bertz CT molecular complexity index is 503. The molecule has 0 heterocycles. The molecule has 7 heteroatoms. The van der Waals surface area contributed by atoms with Crippen LogP contribution >= 0.6 is 0 Å². The van der Waals surface area contributed by atoms with Gasteiger partial charge in [0.25, 0.3) is 0 Å². The minimum absolute atomic E-state index is 0.0436. The highest BCUT2D eigenvalue weighted by Gasteiger charge is 2.22. The van der Waals surface area contributed by atoms with Crippen molar-refractivity contribution in [2.75, 3.05) is 0 Å². The van der Waals surface area contributed by atoms with Crippen molar-refractivity contribution in [1.82, 2.24) is 0 Å². The zero-order valence-corrected chi connectivity index (χ0v) is 10.9. The van der Waals surface area contributed by atoms with E-state index in [9.17, 15) is 9.59 Å². The molecule has 0 radical (unpaired) electrons. The van der Waals surface area contributed by atoms with Crippen LogP contribution in [0.3, 0.4) is 0 Å². The van der Waals surface area contributed by atoms with E-state index in [2.05, 4.69) is 0 Å². The van der Waals surface area contributed by atoms with E-state index in [0.717, 1.165) is 12.1 Å². The van der Waals surface area contributed by atoms with Crippen LogP contribution in [0, 0.1) is 0 Å². The van der Waals surface area contributed by atoms with E-state index in [-0.39, 0.29) is 16.6 Å². The van der Waals surface area contributed by atoms with Crippen LogP contribution in [0.15, 0.2) is 18.2 Å². The predicted molar refractivity (Wildman–Crippen MR) is 68.4 cm³/mol. The van der Waals surface area contributed by atoms with Crippen molar-refractivity contribution >= 4 is 24.5 Å². The second kappa shape index (κ2) is 5.42. The number of hydrogen-bond donors (Lipinski definition) is 3. The summed E-state index contributed by atoms with van der Waals surface area (Å²) in [5, 5.41) is 27.1. The molecule has 3 N–H and O–H groups in total. The predicted octanol–water partition coefficient (Wildman–Crippen LogP) is 0.0199. The number of carboxylic acids is 1. The fraction of sp³-hybridized carbons (Fsp3) is 0.333. The van der Waals surface area contributed by atoms with Gasteiger partial charge in [-0.3, -0.25) is 0 Å². The van der Waals surface area contributed by atoms with Gasteiger partial charge in [0, 0.05) is 0 Å². The Morgan fingerprint density at radius 1 is 1.11 bits per heavy atom. The number of rotatable bonds is 3. The Balaban J connectivity index is 3.20. The van der Waals surface area contributed by atoms with E-state index >= 15 is 0 Å². The number of carbonyl (C=O) groups is 2. The number of esters is 1. The Morgan fingerprint density at radius 2 is 1.63 bits per heavy atom. The van der Waals surface area contributed by atoms with Crippen molar-refractivity contribution in [2.24, 2.45) is 0 Å². The standard InChI is InChI=1S/C12H15BO6/c1-12(2,3)19-11(16)8-4-7(10(14)15)5-9(6-8)13(17)18/h4-6,17-18H,1-3H3,(H,14,15). The molecule has 6 nitrogen and oxygen atoms in total. The molecule has 0 aliphatic rings. The van der Waals surface area contributed by atoms with Crippen LogP contribution in [0.4, 0.5) is 0 Å². The lowest BCUT2D eigenvalue weighted by Crippen LogP contribution is -2.32. The summed E-state index contributed by atoms with van der Waals surface area (Å²) in [5.41, 5.74) is -1.07. The summed E-state index contributed by atoms with van der Waals surface area (Å²) in [6.45, 7) is 5.02. The van der Waals surface area contributed by atoms with Crippen LogP contribution in [0.25, 0.3) is 0 Å². The molecule has 0 aliphatic carbocycles. The normalized spacial score (nSPS) is 11.0. The van der Waals surface area contributed by atoms with E-state index in [1.165, 1.54) is 6.07 Å². The monoisotopic (exact) mass is 266 g/mol. The van der Waals surface area contributed by atoms with Gasteiger partial charge in [-0.2, -0.15) is 0 Å². The summed E-state index contributed by atoms with van der Waals surface area (Å²) < 4.78 is 5.10. The lowest BCUT2D eigenvalue weighted by Gasteiger charge is -2.19. The van der Waals surface area contributed by atoms with E-state index in [1.807, 2.05) is 0 Å². The summed E-state index contributed by atoms with van der Waals surface area (Å²) in [6.07, 6.45) is 0. The summed E-state index contributed by atoms with van der Waals surface area (Å²) in [5.74, 6) is -2.00. The van der Waals surface area contributed by atoms with Crippen LogP contribution in [0.5, 0.6) is 0 Å². The van der Waals surface area contributed by atoms with Gasteiger partial charge in [0.2, 0.25) is 0 Å². The lowest BCUT2D eigenvalue weighted by atomic mass is 9.78. The van der Waals surface area contributed by atoms with Crippen molar-refractivity contribution in [3.05, 3.63) is 29.3 Å². The van der Waals surface area contributed by atoms with Crippen LogP contribution < -0.4 is 5.46 Å². The average molecular weight is 266 g/mol. The van der Waals surface area contributed by atoms with Crippen LogP contribution in [0.1, 0.15) is 41.5 Å². The average Bonchev–Trinajstić information content (AvgIpc) is 2.25. The molecule has 1 aromatic rings. The first kappa shape index (κ1) is 15.2. The number of benzene rings is 1. The second-order valence-corrected chi connectivity index (χ2v) is 5.02. The maximum atomic E-state index is 11.8. The molecule has 19 heavy (non-hydrogen) atoms. The third kappa shape index (κ3) is 4.38. The third-order valence-electron chi connectivity index (χ3n) is 2.14. The highest BCUT2D eigenvalue weighted by atomic mass is 16.6. The van der Waals surface area contributed by atoms with Crippen LogP contribution in [-0.4, -0.2) is 39.8 Å². The van der Waals surface area contributed by atoms with Gasteiger partial charge < -0.3 is 19.9 Å². The summed E-state index contributed by atoms with van der Waals surface area (Å²) in [6, 6.07) is 3.40. The Kier molecular flexibility index (Phi) is 4.33. The van der Waals surface area contributed by atoms with Crippen LogP contribution in [-0.2, 0) is 4.74 Å². The fourth-order valence-corrected chi connectivity index (χ4v) is 1.38. The largest absolute Gasteiger partial charge is 0.488 e. The maximum Gasteiger partial charge on any atom is 0.488 e. The quantitative estimate of drug-likeness (QED) is 0.526. The topological polar surface area (TPSA) is 104 Å². The first-order valence-corrected chi connectivity index (χ1v) is 5.58. The summed E-state index contributed by atoms with van der Waals surface area (Å²) in [7, 11) is -1.86. The molecule has 1 aromatic carbocycles.